The van der Waals surface area contributed by atoms with Crippen LogP contribution in [0.2, 0.25) is 5.02 Å². The first-order valence-electron chi connectivity index (χ1n) is 6.49. The fourth-order valence-electron chi connectivity index (χ4n) is 1.78. The summed E-state index contributed by atoms with van der Waals surface area (Å²) in [4.78, 5) is 11.7. The lowest BCUT2D eigenvalue weighted by Crippen LogP contribution is -2.30. The van der Waals surface area contributed by atoms with Crippen LogP contribution in [0.3, 0.4) is 0 Å². The van der Waals surface area contributed by atoms with Gasteiger partial charge in [-0.05, 0) is 43.2 Å². The number of amides is 2. The molecule has 2 N–H and O–H groups in total. The van der Waals surface area contributed by atoms with Crippen LogP contribution in [0.15, 0.2) is 48.5 Å². The van der Waals surface area contributed by atoms with Gasteiger partial charge in [0.15, 0.2) is 0 Å². The zero-order valence-electron chi connectivity index (χ0n) is 11.3. The second kappa shape index (κ2) is 6.96. The van der Waals surface area contributed by atoms with E-state index in [1.807, 2.05) is 55.5 Å². The molecule has 0 aromatic heterocycles. The van der Waals surface area contributed by atoms with E-state index in [1.165, 1.54) is 5.56 Å². The topological polar surface area (TPSA) is 41.1 Å². The molecule has 0 atom stereocenters. The smallest absolute Gasteiger partial charge is 0.319 e. The SMILES string of the molecule is Cc1ccc(NC(=O)NCCc2ccc(Cl)cc2)cc1. The number of nitrogens with one attached hydrogen (secondary N) is 2. The predicted octanol–water partition coefficient (Wildman–Crippen LogP) is 4.01. The zero-order valence-corrected chi connectivity index (χ0v) is 12.1. The van der Waals surface area contributed by atoms with E-state index in [1.54, 1.807) is 0 Å². The van der Waals surface area contributed by atoms with Crippen LogP contribution in [-0.2, 0) is 6.42 Å². The van der Waals surface area contributed by atoms with Crippen molar-refractivity contribution < 1.29 is 4.79 Å². The molecule has 0 bridgehead atoms. The number of hydrogen-bond donors (Lipinski definition) is 2. The molecule has 3 nitrogen and oxygen atoms in total. The van der Waals surface area contributed by atoms with E-state index in [-0.39, 0.29) is 6.03 Å². The first kappa shape index (κ1) is 14.4. The van der Waals surface area contributed by atoms with E-state index in [0.29, 0.717) is 6.54 Å². The second-order valence-corrected chi connectivity index (χ2v) is 5.06. The fourth-order valence-corrected chi connectivity index (χ4v) is 1.91. The maximum atomic E-state index is 11.7. The number of aryl methyl sites for hydroxylation is 1. The van der Waals surface area contributed by atoms with Crippen molar-refractivity contribution in [3.05, 3.63) is 64.7 Å². The highest BCUT2D eigenvalue weighted by Gasteiger charge is 2.01. The maximum absolute atomic E-state index is 11.7. The second-order valence-electron chi connectivity index (χ2n) is 4.62. The van der Waals surface area contributed by atoms with Gasteiger partial charge in [-0.1, -0.05) is 41.4 Å². The average Bonchev–Trinajstić information content (AvgIpc) is 2.44. The van der Waals surface area contributed by atoms with Gasteiger partial charge in [0.2, 0.25) is 0 Å². The molecule has 20 heavy (non-hydrogen) atoms. The summed E-state index contributed by atoms with van der Waals surface area (Å²) in [5.41, 5.74) is 3.10. The lowest BCUT2D eigenvalue weighted by Gasteiger charge is -2.08. The molecular formula is C16H17ClN2O. The van der Waals surface area contributed by atoms with Crippen LogP contribution in [0, 0.1) is 6.92 Å². The van der Waals surface area contributed by atoms with Gasteiger partial charge in [0.25, 0.3) is 0 Å². The average molecular weight is 289 g/mol. The lowest BCUT2D eigenvalue weighted by molar-refractivity contribution is 0.252. The molecule has 0 radical (unpaired) electrons. The Morgan fingerprint density at radius 1 is 1.05 bits per heavy atom. The molecule has 104 valence electrons. The van der Waals surface area contributed by atoms with Gasteiger partial charge < -0.3 is 10.6 Å². The minimum Gasteiger partial charge on any atom is -0.338 e. The number of anilines is 1. The number of rotatable bonds is 4. The molecule has 0 fully saturated rings. The summed E-state index contributed by atoms with van der Waals surface area (Å²) in [7, 11) is 0. The van der Waals surface area contributed by atoms with E-state index in [4.69, 9.17) is 11.6 Å². The quantitative estimate of drug-likeness (QED) is 0.877. The Kier molecular flexibility index (Phi) is 5.02. The van der Waals surface area contributed by atoms with E-state index in [0.717, 1.165) is 22.7 Å². The summed E-state index contributed by atoms with van der Waals surface area (Å²) in [6.45, 7) is 2.59. The lowest BCUT2D eigenvalue weighted by atomic mass is 10.1. The molecule has 0 aliphatic heterocycles. The zero-order chi connectivity index (χ0) is 14.4. The minimum absolute atomic E-state index is 0.192. The van der Waals surface area contributed by atoms with Gasteiger partial charge in [0.05, 0.1) is 0 Å². The minimum atomic E-state index is -0.192. The van der Waals surface area contributed by atoms with Crippen molar-refractivity contribution >= 4 is 23.3 Å². The van der Waals surface area contributed by atoms with Crippen LogP contribution < -0.4 is 10.6 Å². The number of halogens is 1. The maximum Gasteiger partial charge on any atom is 0.319 e. The molecule has 0 saturated heterocycles. The van der Waals surface area contributed by atoms with E-state index in [2.05, 4.69) is 10.6 Å². The molecule has 0 aliphatic rings. The summed E-state index contributed by atoms with van der Waals surface area (Å²) in [6, 6.07) is 15.1. The largest absolute Gasteiger partial charge is 0.338 e. The van der Waals surface area contributed by atoms with Gasteiger partial charge in [0.1, 0.15) is 0 Å². The molecule has 0 aliphatic carbocycles. The van der Waals surface area contributed by atoms with Crippen LogP contribution >= 0.6 is 11.6 Å². The summed E-state index contributed by atoms with van der Waals surface area (Å²) >= 11 is 5.82. The summed E-state index contributed by atoms with van der Waals surface area (Å²) in [5.74, 6) is 0. The molecule has 2 amide bonds. The van der Waals surface area contributed by atoms with Crippen LogP contribution in [0.1, 0.15) is 11.1 Å². The Hall–Kier alpha value is -2.00. The van der Waals surface area contributed by atoms with Crippen LogP contribution in [0.5, 0.6) is 0 Å². The fraction of sp³-hybridized carbons (Fsp3) is 0.188. The van der Waals surface area contributed by atoms with Crippen LogP contribution in [0.25, 0.3) is 0 Å². The summed E-state index contributed by atoms with van der Waals surface area (Å²) in [6.07, 6.45) is 0.776. The highest BCUT2D eigenvalue weighted by atomic mass is 35.5. The van der Waals surface area contributed by atoms with Crippen molar-refractivity contribution in [3.8, 4) is 0 Å². The Labute approximate surface area is 124 Å². The van der Waals surface area contributed by atoms with Crippen molar-refractivity contribution in [2.45, 2.75) is 13.3 Å². The molecule has 0 saturated carbocycles. The third-order valence-electron chi connectivity index (χ3n) is 2.92. The van der Waals surface area contributed by atoms with Crippen molar-refractivity contribution in [1.82, 2.24) is 5.32 Å². The highest BCUT2D eigenvalue weighted by molar-refractivity contribution is 6.30. The van der Waals surface area contributed by atoms with Gasteiger partial charge in [-0.15, -0.1) is 0 Å². The monoisotopic (exact) mass is 288 g/mol. The molecule has 2 aromatic carbocycles. The van der Waals surface area contributed by atoms with E-state index < -0.39 is 0 Å². The number of benzene rings is 2. The Morgan fingerprint density at radius 2 is 1.70 bits per heavy atom. The molecular weight excluding hydrogens is 272 g/mol. The molecule has 0 spiro atoms. The third kappa shape index (κ3) is 4.59. The van der Waals surface area contributed by atoms with E-state index >= 15 is 0 Å². The normalized spacial score (nSPS) is 10.1. The molecule has 0 heterocycles. The Bertz CT molecular complexity index is 564. The number of urea groups is 1. The summed E-state index contributed by atoms with van der Waals surface area (Å²) < 4.78 is 0. The molecule has 2 aromatic rings. The molecule has 0 unspecified atom stereocenters. The van der Waals surface area contributed by atoms with Crippen molar-refractivity contribution in [1.29, 1.82) is 0 Å². The van der Waals surface area contributed by atoms with Gasteiger partial charge in [-0.25, -0.2) is 4.79 Å². The van der Waals surface area contributed by atoms with Crippen molar-refractivity contribution in [2.24, 2.45) is 0 Å². The molecule has 4 heteroatoms. The first-order chi connectivity index (χ1) is 9.63. The first-order valence-corrected chi connectivity index (χ1v) is 6.87. The van der Waals surface area contributed by atoms with Gasteiger partial charge >= 0.3 is 6.03 Å². The number of hydrogen-bond acceptors (Lipinski definition) is 1. The molecule has 2 rings (SSSR count). The van der Waals surface area contributed by atoms with Gasteiger partial charge in [-0.2, -0.15) is 0 Å². The Balaban J connectivity index is 1.75. The highest BCUT2D eigenvalue weighted by Crippen LogP contribution is 2.10. The van der Waals surface area contributed by atoms with Gasteiger partial charge in [-0.3, -0.25) is 0 Å². The van der Waals surface area contributed by atoms with Crippen LogP contribution in [0.4, 0.5) is 10.5 Å². The predicted molar refractivity (Wildman–Crippen MR) is 83.4 cm³/mol. The van der Waals surface area contributed by atoms with Crippen molar-refractivity contribution in [2.75, 3.05) is 11.9 Å². The summed E-state index contributed by atoms with van der Waals surface area (Å²) in [5, 5.41) is 6.34. The van der Waals surface area contributed by atoms with E-state index in [9.17, 15) is 4.79 Å². The third-order valence-corrected chi connectivity index (χ3v) is 3.17. The Morgan fingerprint density at radius 3 is 2.35 bits per heavy atom. The number of carbonyl (C=O) groups excluding carboxylic acids is 1. The number of carbonyl (C=O) groups is 1. The standard InChI is InChI=1S/C16H17ClN2O/c1-12-2-8-15(9-3-12)19-16(20)18-11-10-13-4-6-14(17)7-5-13/h2-9H,10-11H2,1H3,(H2,18,19,20). The van der Waals surface area contributed by atoms with Crippen molar-refractivity contribution in [3.63, 3.8) is 0 Å². The van der Waals surface area contributed by atoms with Crippen LogP contribution in [-0.4, -0.2) is 12.6 Å². The van der Waals surface area contributed by atoms with Gasteiger partial charge in [0, 0.05) is 17.3 Å².